The molecule has 0 aliphatic rings. The lowest BCUT2D eigenvalue weighted by molar-refractivity contribution is 0.405. The van der Waals surface area contributed by atoms with Gasteiger partial charge >= 0.3 is 8.25 Å². The Bertz CT molecular complexity index is 31.8. The van der Waals surface area contributed by atoms with E-state index in [1.807, 2.05) is 0 Å². The fourth-order valence-corrected chi connectivity index (χ4v) is 0. The topological polar surface area (TPSA) is 57.5 Å². The van der Waals surface area contributed by atoms with Crippen LogP contribution in [0.3, 0.4) is 0 Å². The molecule has 0 unspecified atom stereocenters. The minimum Gasteiger partial charge on any atom is -0.326 e. The molecule has 0 saturated carbocycles. The van der Waals surface area contributed by atoms with Crippen molar-refractivity contribution in [1.29, 1.82) is 0 Å². The molecule has 0 amide bonds. The Kier molecular flexibility index (Phi) is 24.7. The Morgan fingerprint density at radius 1 is 1.17 bits per heavy atom. The van der Waals surface area contributed by atoms with E-state index in [2.05, 4.69) is 0 Å². The first kappa shape index (κ1) is 16.7. The molecule has 0 spiro atoms. The summed E-state index contributed by atoms with van der Waals surface area (Å²) in [7, 11) is -3.13. The normalized spacial score (nSPS) is 5.83. The molecule has 0 fully saturated rings. The molecule has 0 aliphatic heterocycles. The highest BCUT2D eigenvalue weighted by Gasteiger charge is 1.61. The zero-order valence-corrected chi connectivity index (χ0v) is 3.62. The van der Waals surface area contributed by atoms with E-state index in [0.29, 0.717) is 0 Å². The van der Waals surface area contributed by atoms with E-state index < -0.39 is 8.25 Å². The van der Waals surface area contributed by atoms with Gasteiger partial charge < -0.3 is 9.79 Å². The van der Waals surface area contributed by atoms with E-state index in [4.69, 9.17) is 14.4 Å². The zero-order chi connectivity index (χ0) is 3.58. The smallest absolute Gasteiger partial charge is 0.314 e. The maximum atomic E-state index is 8.74. The van der Waals surface area contributed by atoms with Gasteiger partial charge in [-0.2, -0.15) is 0 Å². The predicted molar refractivity (Wildman–Crippen MR) is 18.4 cm³/mol. The molecule has 0 rings (SSSR count). The predicted octanol–water partition coefficient (Wildman–Crippen LogP) is -0.334. The molecule has 6 heteroatoms. The Morgan fingerprint density at radius 2 is 1.17 bits per heavy atom. The molecule has 0 heterocycles. The van der Waals surface area contributed by atoms with Gasteiger partial charge in [0.15, 0.2) is 0 Å². The molecule has 2 N–H and O–H groups in total. The van der Waals surface area contributed by atoms with E-state index in [9.17, 15) is 0 Å². The third kappa shape index (κ3) is 363000. The SMILES string of the molecule is F.F.O=[PH](O)O. The second kappa shape index (κ2) is 8.89. The summed E-state index contributed by atoms with van der Waals surface area (Å²) in [6, 6.07) is 0. The van der Waals surface area contributed by atoms with E-state index in [1.54, 1.807) is 0 Å². The van der Waals surface area contributed by atoms with E-state index >= 15 is 0 Å². The Hall–Kier alpha value is 0.01000. The van der Waals surface area contributed by atoms with Gasteiger partial charge in [0.1, 0.15) is 0 Å². The van der Waals surface area contributed by atoms with E-state index in [0.717, 1.165) is 0 Å². The van der Waals surface area contributed by atoms with Crippen molar-refractivity contribution in [3.8, 4) is 0 Å². The van der Waals surface area contributed by atoms with Crippen LogP contribution in [0.1, 0.15) is 0 Å². The average molecular weight is 122 g/mol. The maximum absolute atomic E-state index is 8.74. The molecule has 0 aromatic carbocycles. The Labute approximate surface area is 33.3 Å². The zero-order valence-electron chi connectivity index (χ0n) is 2.62. The standard InChI is InChI=1S/2FH.H3O3P/c;;1-4(2)3/h2*1H;4H,(H2,1,2,3). The molecule has 0 saturated heterocycles. The average Bonchev–Trinajstić information content (AvgIpc) is 0.811. The fraction of sp³-hybridized carbons (Fsp3) is 0. The van der Waals surface area contributed by atoms with Crippen LogP contribution in [-0.2, 0) is 4.57 Å². The van der Waals surface area contributed by atoms with Crippen LogP contribution in [0.25, 0.3) is 0 Å². The maximum Gasteiger partial charge on any atom is 0.314 e. The van der Waals surface area contributed by atoms with Gasteiger partial charge in [0.25, 0.3) is 0 Å². The number of rotatable bonds is 0. The third-order valence-electron chi connectivity index (χ3n) is 0. The first-order valence-corrected chi connectivity index (χ1v) is 1.95. The van der Waals surface area contributed by atoms with Crippen LogP contribution in [0, 0.1) is 0 Å². The van der Waals surface area contributed by atoms with Crippen molar-refractivity contribution in [2.45, 2.75) is 0 Å². The third-order valence-corrected chi connectivity index (χ3v) is 0. The van der Waals surface area contributed by atoms with Crippen LogP contribution in [0.5, 0.6) is 0 Å². The van der Waals surface area contributed by atoms with Gasteiger partial charge in [-0.25, -0.2) is 0 Å². The molecule has 0 aliphatic carbocycles. The van der Waals surface area contributed by atoms with Gasteiger partial charge in [0.05, 0.1) is 0 Å². The van der Waals surface area contributed by atoms with E-state index in [1.165, 1.54) is 0 Å². The highest BCUT2D eigenvalue weighted by atomic mass is 31.1. The second-order valence-corrected chi connectivity index (χ2v) is 0.848. The highest BCUT2D eigenvalue weighted by molar-refractivity contribution is 7.30. The molecule has 42 valence electrons. The van der Waals surface area contributed by atoms with Gasteiger partial charge in [0.2, 0.25) is 0 Å². The van der Waals surface area contributed by atoms with Crippen LogP contribution in [0.4, 0.5) is 9.41 Å². The molecular weight excluding hydrogens is 117 g/mol. The lowest BCUT2D eigenvalue weighted by Gasteiger charge is -1.61. The van der Waals surface area contributed by atoms with Crippen molar-refractivity contribution in [2.24, 2.45) is 0 Å². The van der Waals surface area contributed by atoms with Crippen molar-refractivity contribution < 1.29 is 23.8 Å². The number of hydrogen-bond acceptors (Lipinski definition) is 1. The molecule has 0 aromatic heterocycles. The molecule has 3 nitrogen and oxygen atoms in total. The first-order valence-electron chi connectivity index (χ1n) is 0.651. The van der Waals surface area contributed by atoms with Gasteiger partial charge in [-0.05, 0) is 0 Å². The summed E-state index contributed by atoms with van der Waals surface area (Å²) in [4.78, 5) is 14.3. The van der Waals surface area contributed by atoms with Gasteiger partial charge in [0, 0.05) is 0 Å². The summed E-state index contributed by atoms with van der Waals surface area (Å²) in [5.74, 6) is 0. The minimum absolute atomic E-state index is 0. The summed E-state index contributed by atoms with van der Waals surface area (Å²) >= 11 is 0. The minimum atomic E-state index is -3.13. The monoisotopic (exact) mass is 122 g/mol. The lowest BCUT2D eigenvalue weighted by Crippen LogP contribution is -1.38. The van der Waals surface area contributed by atoms with Crippen molar-refractivity contribution in [2.75, 3.05) is 0 Å². The van der Waals surface area contributed by atoms with Crippen molar-refractivity contribution >= 4 is 8.25 Å². The van der Waals surface area contributed by atoms with Crippen LogP contribution >= 0.6 is 8.25 Å². The molecule has 6 heavy (non-hydrogen) atoms. The van der Waals surface area contributed by atoms with Gasteiger partial charge in [-0.15, -0.1) is 0 Å². The largest absolute Gasteiger partial charge is 0.326 e. The quantitative estimate of drug-likeness (QED) is 0.432. The highest BCUT2D eigenvalue weighted by Crippen LogP contribution is 1.98. The molecule has 0 bridgehead atoms. The van der Waals surface area contributed by atoms with Crippen molar-refractivity contribution in [3.63, 3.8) is 0 Å². The summed E-state index contributed by atoms with van der Waals surface area (Å²) in [5.41, 5.74) is 0. The number of halogens is 2. The van der Waals surface area contributed by atoms with Gasteiger partial charge in [-0.1, -0.05) is 0 Å². The summed E-state index contributed by atoms with van der Waals surface area (Å²) in [6.07, 6.45) is 0. The first-order chi connectivity index (χ1) is 1.73. The molecule has 0 radical (unpaired) electrons. The van der Waals surface area contributed by atoms with Crippen LogP contribution in [0.15, 0.2) is 0 Å². The summed E-state index contributed by atoms with van der Waals surface area (Å²) < 4.78 is 8.74. The van der Waals surface area contributed by atoms with Gasteiger partial charge in [-0.3, -0.25) is 14.0 Å². The Morgan fingerprint density at radius 3 is 1.17 bits per heavy atom. The van der Waals surface area contributed by atoms with Crippen molar-refractivity contribution in [1.82, 2.24) is 0 Å². The summed E-state index contributed by atoms with van der Waals surface area (Å²) in [6.45, 7) is 0. The second-order valence-electron chi connectivity index (χ2n) is 0.283. The summed E-state index contributed by atoms with van der Waals surface area (Å²) in [5, 5.41) is 0. The van der Waals surface area contributed by atoms with E-state index in [-0.39, 0.29) is 9.41 Å². The lowest BCUT2D eigenvalue weighted by atomic mass is 15.8. The van der Waals surface area contributed by atoms with Crippen LogP contribution < -0.4 is 0 Å². The van der Waals surface area contributed by atoms with Crippen molar-refractivity contribution in [3.05, 3.63) is 0 Å². The Balaban J connectivity index is -0.0000000450. The fourth-order valence-electron chi connectivity index (χ4n) is 0. The number of hydrogen-bond donors (Lipinski definition) is 2. The van der Waals surface area contributed by atoms with Crippen LogP contribution in [-0.4, -0.2) is 9.79 Å². The molecular formula is H5F2O3P. The molecule has 0 aromatic rings. The molecule has 0 atom stereocenters. The van der Waals surface area contributed by atoms with Crippen LogP contribution in [0.2, 0.25) is 0 Å².